The quantitative estimate of drug-likeness (QED) is 0.482. The Bertz CT molecular complexity index is 1190. The van der Waals surface area contributed by atoms with Crippen LogP contribution in [0.3, 0.4) is 0 Å². The van der Waals surface area contributed by atoms with Crippen LogP contribution in [0.4, 0.5) is 5.69 Å². The van der Waals surface area contributed by atoms with Gasteiger partial charge in [-0.2, -0.15) is 0 Å². The molecule has 4 aliphatic rings. The minimum Gasteiger partial charge on any atom is -0.274 e. The van der Waals surface area contributed by atoms with Crippen LogP contribution in [-0.4, -0.2) is 11.8 Å². The highest BCUT2D eigenvalue weighted by Gasteiger charge is 2.67. The lowest BCUT2D eigenvalue weighted by Gasteiger charge is -2.54. The van der Waals surface area contributed by atoms with E-state index in [9.17, 15) is 9.59 Å². The van der Waals surface area contributed by atoms with Crippen molar-refractivity contribution in [3.63, 3.8) is 0 Å². The molecule has 4 heteroatoms. The number of hydrogen-bond donors (Lipinski definition) is 0. The van der Waals surface area contributed by atoms with Crippen molar-refractivity contribution in [2.75, 3.05) is 4.90 Å². The number of halogens is 1. The Morgan fingerprint density at radius 2 is 1.40 bits per heavy atom. The minimum atomic E-state index is -0.477. The van der Waals surface area contributed by atoms with Crippen molar-refractivity contribution >= 4 is 33.4 Å². The molecule has 3 aliphatic carbocycles. The summed E-state index contributed by atoms with van der Waals surface area (Å²) >= 11 is 3.55. The van der Waals surface area contributed by atoms with Crippen molar-refractivity contribution in [2.45, 2.75) is 24.7 Å². The van der Waals surface area contributed by atoms with Gasteiger partial charge in [-0.15, -0.1) is 0 Å². The van der Waals surface area contributed by atoms with Gasteiger partial charge in [-0.3, -0.25) is 9.59 Å². The van der Waals surface area contributed by atoms with Crippen LogP contribution in [0.1, 0.15) is 41.5 Å². The lowest BCUT2D eigenvalue weighted by Crippen LogP contribution is -2.53. The van der Waals surface area contributed by atoms with E-state index in [0.29, 0.717) is 5.69 Å². The summed E-state index contributed by atoms with van der Waals surface area (Å²) in [7, 11) is 0. The van der Waals surface area contributed by atoms with Crippen molar-refractivity contribution < 1.29 is 9.59 Å². The van der Waals surface area contributed by atoms with Crippen molar-refractivity contribution in [2.24, 2.45) is 11.8 Å². The maximum atomic E-state index is 14.0. The average molecular weight is 458 g/mol. The molecule has 2 bridgehead atoms. The van der Waals surface area contributed by atoms with Crippen LogP contribution in [0.25, 0.3) is 0 Å². The van der Waals surface area contributed by atoms with E-state index in [1.807, 2.05) is 36.4 Å². The lowest BCUT2D eigenvalue weighted by atomic mass is 9.46. The SMILES string of the molecule is CCC12c3ccccc3C(c3ccccc31)[C@H]1C(=O)N(c3ccccc3Br)C(=O)[C@@H]12. The number of anilines is 1. The van der Waals surface area contributed by atoms with Gasteiger partial charge in [0.1, 0.15) is 0 Å². The van der Waals surface area contributed by atoms with Crippen LogP contribution in [0.5, 0.6) is 0 Å². The van der Waals surface area contributed by atoms with Gasteiger partial charge in [0.15, 0.2) is 0 Å². The summed E-state index contributed by atoms with van der Waals surface area (Å²) in [5, 5.41) is 0. The fourth-order valence-corrected chi connectivity index (χ4v) is 6.86. The Labute approximate surface area is 183 Å². The molecule has 0 spiro atoms. The van der Waals surface area contributed by atoms with Crippen LogP contribution in [0, 0.1) is 11.8 Å². The fraction of sp³-hybridized carbons (Fsp3) is 0.231. The van der Waals surface area contributed by atoms with Crippen molar-refractivity contribution in [1.82, 2.24) is 0 Å². The maximum absolute atomic E-state index is 14.0. The van der Waals surface area contributed by atoms with Crippen LogP contribution >= 0.6 is 15.9 Å². The smallest absolute Gasteiger partial charge is 0.239 e. The molecule has 0 saturated carbocycles. The zero-order valence-electron chi connectivity index (χ0n) is 16.5. The van der Waals surface area contributed by atoms with Crippen LogP contribution in [0.2, 0.25) is 0 Å². The topological polar surface area (TPSA) is 37.4 Å². The molecule has 0 radical (unpaired) electrons. The number of carbonyl (C=O) groups is 2. The van der Waals surface area contributed by atoms with E-state index in [1.54, 1.807) is 0 Å². The zero-order chi connectivity index (χ0) is 20.6. The molecule has 1 heterocycles. The third-order valence-corrected chi connectivity index (χ3v) is 8.12. The molecule has 1 aliphatic heterocycles. The molecule has 2 atom stereocenters. The number of benzene rings is 3. The Morgan fingerprint density at radius 1 is 0.833 bits per heavy atom. The summed E-state index contributed by atoms with van der Waals surface area (Å²) in [6, 6.07) is 24.3. The molecular weight excluding hydrogens is 438 g/mol. The second-order valence-corrected chi connectivity index (χ2v) is 9.30. The van der Waals surface area contributed by atoms with E-state index in [-0.39, 0.29) is 29.6 Å². The first-order valence-electron chi connectivity index (χ1n) is 10.4. The molecule has 3 aromatic rings. The first-order valence-corrected chi connectivity index (χ1v) is 11.2. The summed E-state index contributed by atoms with van der Waals surface area (Å²) in [5.41, 5.74) is 5.00. The van der Waals surface area contributed by atoms with Crippen LogP contribution in [0.15, 0.2) is 77.3 Å². The summed E-state index contributed by atoms with van der Waals surface area (Å²) in [5.74, 6) is -0.984. The molecule has 0 aromatic heterocycles. The Kier molecular flexibility index (Phi) is 3.70. The summed E-state index contributed by atoms with van der Waals surface area (Å²) in [6.07, 6.45) is 0.776. The molecule has 0 N–H and O–H groups in total. The number of amides is 2. The first-order chi connectivity index (χ1) is 14.6. The molecule has 2 amide bonds. The van der Waals surface area contributed by atoms with Crippen LogP contribution < -0.4 is 4.90 Å². The standard InChI is InChI=1S/C26H20BrNO2/c1-2-26-17-11-5-3-9-15(17)21(16-10-4-6-12-18(16)26)22-23(26)25(30)28(24(22)29)20-14-8-7-13-19(20)27/h3-14,21-23H,2H2,1H3/t21?,22-,23-,26?/m1/s1. The van der Waals surface area contributed by atoms with Gasteiger partial charge in [0.05, 0.1) is 17.5 Å². The van der Waals surface area contributed by atoms with Gasteiger partial charge in [-0.05, 0) is 56.7 Å². The van der Waals surface area contributed by atoms with E-state index in [1.165, 1.54) is 27.2 Å². The number of imide groups is 1. The van der Waals surface area contributed by atoms with Gasteiger partial charge in [0.25, 0.3) is 0 Å². The zero-order valence-corrected chi connectivity index (χ0v) is 18.1. The predicted molar refractivity (Wildman–Crippen MR) is 119 cm³/mol. The molecular formula is C26H20BrNO2. The predicted octanol–water partition coefficient (Wildman–Crippen LogP) is 5.41. The Balaban J connectivity index is 1.66. The molecule has 7 rings (SSSR count). The molecule has 1 saturated heterocycles. The van der Waals surface area contributed by atoms with Gasteiger partial charge in [-0.25, -0.2) is 4.90 Å². The van der Waals surface area contributed by atoms with Crippen molar-refractivity contribution in [3.8, 4) is 0 Å². The molecule has 30 heavy (non-hydrogen) atoms. The largest absolute Gasteiger partial charge is 0.274 e. The van der Waals surface area contributed by atoms with E-state index >= 15 is 0 Å². The maximum Gasteiger partial charge on any atom is 0.239 e. The first kappa shape index (κ1) is 18.1. The third-order valence-electron chi connectivity index (χ3n) is 7.45. The van der Waals surface area contributed by atoms with E-state index < -0.39 is 5.41 Å². The number of carbonyl (C=O) groups excluding carboxylic acids is 2. The molecule has 148 valence electrons. The van der Waals surface area contributed by atoms with Crippen molar-refractivity contribution in [3.05, 3.63) is 99.5 Å². The minimum absolute atomic E-state index is 0.0762. The van der Waals surface area contributed by atoms with E-state index in [4.69, 9.17) is 0 Å². The number of rotatable bonds is 2. The molecule has 3 nitrogen and oxygen atoms in total. The fourth-order valence-electron chi connectivity index (χ4n) is 6.40. The third kappa shape index (κ3) is 1.96. The van der Waals surface area contributed by atoms with E-state index in [2.05, 4.69) is 59.3 Å². The van der Waals surface area contributed by atoms with Gasteiger partial charge >= 0.3 is 0 Å². The Morgan fingerprint density at radius 3 is 2.00 bits per heavy atom. The van der Waals surface area contributed by atoms with E-state index in [0.717, 1.165) is 10.9 Å². The second-order valence-electron chi connectivity index (χ2n) is 8.44. The summed E-state index contributed by atoms with van der Waals surface area (Å²) < 4.78 is 0.762. The normalized spacial score (nSPS) is 28.3. The number of hydrogen-bond acceptors (Lipinski definition) is 2. The van der Waals surface area contributed by atoms with Crippen LogP contribution in [-0.2, 0) is 15.0 Å². The summed E-state index contributed by atoms with van der Waals surface area (Å²) in [6.45, 7) is 2.15. The lowest BCUT2D eigenvalue weighted by molar-refractivity contribution is -0.123. The second kappa shape index (κ2) is 6.14. The van der Waals surface area contributed by atoms with Gasteiger partial charge < -0.3 is 0 Å². The highest BCUT2D eigenvalue weighted by molar-refractivity contribution is 9.10. The van der Waals surface area contributed by atoms with Crippen molar-refractivity contribution in [1.29, 1.82) is 0 Å². The molecule has 3 aromatic carbocycles. The monoisotopic (exact) mass is 457 g/mol. The highest BCUT2D eigenvalue weighted by Crippen LogP contribution is 2.65. The Hall–Kier alpha value is -2.72. The number of nitrogens with zero attached hydrogens (tertiary/aromatic N) is 1. The van der Waals surface area contributed by atoms with Gasteiger partial charge in [0, 0.05) is 15.8 Å². The average Bonchev–Trinajstić information content (AvgIpc) is 3.05. The highest BCUT2D eigenvalue weighted by atomic mass is 79.9. The molecule has 1 fully saturated rings. The van der Waals surface area contributed by atoms with Gasteiger partial charge in [0.2, 0.25) is 11.8 Å². The molecule has 0 unspecified atom stereocenters. The summed E-state index contributed by atoms with van der Waals surface area (Å²) in [4.78, 5) is 29.3. The number of para-hydroxylation sites is 1. The van der Waals surface area contributed by atoms with Gasteiger partial charge in [-0.1, -0.05) is 67.6 Å².